The lowest BCUT2D eigenvalue weighted by Gasteiger charge is -2.39. The lowest BCUT2D eigenvalue weighted by atomic mass is 9.98. The Morgan fingerprint density at radius 1 is 0.815 bits per heavy atom. The van der Waals surface area contributed by atoms with E-state index in [1.807, 2.05) is 0 Å². The number of anilines is 1. The van der Waals surface area contributed by atoms with Crippen LogP contribution in [0, 0.1) is 6.92 Å². The Morgan fingerprint density at radius 3 is 2.44 bits per heavy atom. The predicted octanol–water partition coefficient (Wildman–Crippen LogP) is 4.27. The van der Waals surface area contributed by atoms with Gasteiger partial charge in [0, 0.05) is 37.9 Å². The van der Waals surface area contributed by atoms with Crippen LogP contribution in [0.4, 0.5) is 5.69 Å². The fraction of sp³-hybridized carbons (Fsp3) is 0.500. The molecule has 2 aliphatic heterocycles. The highest BCUT2D eigenvalue weighted by molar-refractivity contribution is 5.71. The Balaban J connectivity index is 1.41. The molecule has 4 rings (SSSR count). The normalized spacial score (nSPS) is 20.6. The molecule has 2 aromatic rings. The van der Waals surface area contributed by atoms with Gasteiger partial charge >= 0.3 is 0 Å². The van der Waals surface area contributed by atoms with Gasteiger partial charge in [-0.2, -0.15) is 0 Å². The highest BCUT2D eigenvalue weighted by atomic mass is 15.2. The first-order valence-electron chi connectivity index (χ1n) is 10.5. The molecule has 2 aliphatic rings. The SMILES string of the molecule is Cc1ccccc1-c1cccc(N2CCC(N3CCCN(C)CC3)CC2)c1. The van der Waals surface area contributed by atoms with E-state index in [4.69, 9.17) is 0 Å². The van der Waals surface area contributed by atoms with E-state index in [0.717, 1.165) is 6.04 Å². The Bertz CT molecular complexity index is 749. The predicted molar refractivity (Wildman–Crippen MR) is 116 cm³/mol. The molecule has 0 aliphatic carbocycles. The molecule has 0 unspecified atom stereocenters. The van der Waals surface area contributed by atoms with Crippen molar-refractivity contribution in [3.8, 4) is 11.1 Å². The van der Waals surface area contributed by atoms with Crippen molar-refractivity contribution in [2.75, 3.05) is 51.2 Å². The van der Waals surface area contributed by atoms with E-state index in [-0.39, 0.29) is 0 Å². The second kappa shape index (κ2) is 8.45. The van der Waals surface area contributed by atoms with Crippen LogP contribution in [0.25, 0.3) is 11.1 Å². The molecular weight excluding hydrogens is 330 g/mol. The molecule has 0 spiro atoms. The molecular formula is C24H33N3. The van der Waals surface area contributed by atoms with Crippen molar-refractivity contribution in [1.82, 2.24) is 9.80 Å². The van der Waals surface area contributed by atoms with Crippen LogP contribution >= 0.6 is 0 Å². The van der Waals surface area contributed by atoms with Crippen molar-refractivity contribution in [1.29, 1.82) is 0 Å². The van der Waals surface area contributed by atoms with Crippen molar-refractivity contribution < 1.29 is 0 Å². The molecule has 3 nitrogen and oxygen atoms in total. The van der Waals surface area contributed by atoms with Gasteiger partial charge in [-0.1, -0.05) is 36.4 Å². The third-order valence-corrected chi connectivity index (χ3v) is 6.40. The van der Waals surface area contributed by atoms with Crippen molar-refractivity contribution in [2.24, 2.45) is 0 Å². The molecule has 3 heteroatoms. The van der Waals surface area contributed by atoms with Crippen molar-refractivity contribution in [2.45, 2.75) is 32.2 Å². The van der Waals surface area contributed by atoms with Crippen LogP contribution in [-0.4, -0.2) is 62.2 Å². The van der Waals surface area contributed by atoms with Gasteiger partial charge < -0.3 is 9.80 Å². The summed E-state index contributed by atoms with van der Waals surface area (Å²) in [5.41, 5.74) is 5.41. The van der Waals surface area contributed by atoms with E-state index in [2.05, 4.69) is 77.2 Å². The zero-order chi connectivity index (χ0) is 18.6. The minimum Gasteiger partial charge on any atom is -0.371 e. The number of benzene rings is 2. The number of rotatable bonds is 3. The van der Waals surface area contributed by atoms with E-state index < -0.39 is 0 Å². The fourth-order valence-corrected chi connectivity index (χ4v) is 4.69. The van der Waals surface area contributed by atoms with E-state index >= 15 is 0 Å². The molecule has 0 bridgehead atoms. The maximum atomic E-state index is 2.75. The molecule has 2 saturated heterocycles. The first kappa shape index (κ1) is 18.5. The largest absolute Gasteiger partial charge is 0.371 e. The van der Waals surface area contributed by atoms with Crippen LogP contribution in [0.1, 0.15) is 24.8 Å². The van der Waals surface area contributed by atoms with Crippen LogP contribution in [0.5, 0.6) is 0 Å². The van der Waals surface area contributed by atoms with E-state index in [1.54, 1.807) is 0 Å². The molecule has 0 atom stereocenters. The van der Waals surface area contributed by atoms with Gasteiger partial charge in [0.15, 0.2) is 0 Å². The number of hydrogen-bond acceptors (Lipinski definition) is 3. The lowest BCUT2D eigenvalue weighted by Crippen LogP contribution is -2.46. The standard InChI is InChI=1S/C24H33N3/c1-20-7-3-4-10-24(20)21-8-5-9-23(19-21)27-15-11-22(12-16-27)26-14-6-13-25(2)17-18-26/h3-5,7-10,19,22H,6,11-18H2,1-2H3. The first-order valence-corrected chi connectivity index (χ1v) is 10.5. The van der Waals surface area contributed by atoms with Crippen LogP contribution in [0.15, 0.2) is 48.5 Å². The highest BCUT2D eigenvalue weighted by Crippen LogP contribution is 2.29. The summed E-state index contributed by atoms with van der Waals surface area (Å²) in [4.78, 5) is 7.82. The first-order chi connectivity index (χ1) is 13.2. The zero-order valence-corrected chi connectivity index (χ0v) is 16.9. The number of hydrogen-bond donors (Lipinski definition) is 0. The summed E-state index contributed by atoms with van der Waals surface area (Å²) >= 11 is 0. The molecule has 144 valence electrons. The highest BCUT2D eigenvalue weighted by Gasteiger charge is 2.26. The second-order valence-electron chi connectivity index (χ2n) is 8.28. The maximum Gasteiger partial charge on any atom is 0.0372 e. The van der Waals surface area contributed by atoms with Crippen LogP contribution in [0.2, 0.25) is 0 Å². The maximum absolute atomic E-state index is 2.75. The number of aryl methyl sites for hydroxylation is 1. The molecule has 0 N–H and O–H groups in total. The van der Waals surface area contributed by atoms with Crippen LogP contribution < -0.4 is 4.90 Å². The fourth-order valence-electron chi connectivity index (χ4n) is 4.69. The number of likely N-dealkylation sites (N-methyl/N-ethyl adjacent to an activating group) is 1. The minimum absolute atomic E-state index is 0.771. The second-order valence-corrected chi connectivity index (χ2v) is 8.28. The van der Waals surface area contributed by atoms with Gasteiger partial charge in [0.05, 0.1) is 0 Å². The van der Waals surface area contributed by atoms with Crippen molar-refractivity contribution in [3.63, 3.8) is 0 Å². The summed E-state index contributed by atoms with van der Waals surface area (Å²) in [6.45, 7) is 9.54. The van der Waals surface area contributed by atoms with Gasteiger partial charge in [-0.15, -0.1) is 0 Å². The molecule has 0 amide bonds. The monoisotopic (exact) mass is 363 g/mol. The van der Waals surface area contributed by atoms with E-state index in [0.29, 0.717) is 0 Å². The van der Waals surface area contributed by atoms with Gasteiger partial charge in [-0.3, -0.25) is 4.90 Å². The summed E-state index contributed by atoms with van der Waals surface area (Å²) in [6.07, 6.45) is 3.89. The molecule has 2 aromatic carbocycles. The third-order valence-electron chi connectivity index (χ3n) is 6.40. The molecule has 2 heterocycles. The topological polar surface area (TPSA) is 9.72 Å². The summed E-state index contributed by atoms with van der Waals surface area (Å²) in [5, 5.41) is 0. The molecule has 0 aromatic heterocycles. The summed E-state index contributed by atoms with van der Waals surface area (Å²) in [5.74, 6) is 0. The summed E-state index contributed by atoms with van der Waals surface area (Å²) in [6, 6.07) is 18.6. The summed E-state index contributed by atoms with van der Waals surface area (Å²) in [7, 11) is 2.26. The van der Waals surface area contributed by atoms with Gasteiger partial charge in [-0.05, 0) is 75.1 Å². The van der Waals surface area contributed by atoms with Crippen molar-refractivity contribution in [3.05, 3.63) is 54.1 Å². The average molecular weight is 364 g/mol. The Labute approximate surface area is 164 Å². The molecule has 0 radical (unpaired) electrons. The molecule has 2 fully saturated rings. The van der Waals surface area contributed by atoms with E-state index in [9.17, 15) is 0 Å². The van der Waals surface area contributed by atoms with Crippen LogP contribution in [0.3, 0.4) is 0 Å². The number of piperidine rings is 1. The Hall–Kier alpha value is -1.84. The zero-order valence-electron chi connectivity index (χ0n) is 16.9. The third kappa shape index (κ3) is 4.36. The Morgan fingerprint density at radius 2 is 1.63 bits per heavy atom. The van der Waals surface area contributed by atoms with Crippen molar-refractivity contribution >= 4 is 5.69 Å². The van der Waals surface area contributed by atoms with Gasteiger partial charge in [0.25, 0.3) is 0 Å². The average Bonchev–Trinajstić information content (AvgIpc) is 2.93. The van der Waals surface area contributed by atoms with Gasteiger partial charge in [-0.25, -0.2) is 0 Å². The smallest absolute Gasteiger partial charge is 0.0372 e. The van der Waals surface area contributed by atoms with E-state index in [1.165, 1.54) is 80.9 Å². The molecule has 27 heavy (non-hydrogen) atoms. The number of nitrogens with zero attached hydrogens (tertiary/aromatic N) is 3. The van der Waals surface area contributed by atoms with Crippen LogP contribution in [-0.2, 0) is 0 Å². The lowest BCUT2D eigenvalue weighted by molar-refractivity contribution is 0.174. The van der Waals surface area contributed by atoms with Gasteiger partial charge in [0.1, 0.15) is 0 Å². The quantitative estimate of drug-likeness (QED) is 0.806. The minimum atomic E-state index is 0.771. The van der Waals surface area contributed by atoms with Gasteiger partial charge in [0.2, 0.25) is 0 Å². The molecule has 0 saturated carbocycles. The Kier molecular flexibility index (Phi) is 5.80. The summed E-state index contributed by atoms with van der Waals surface area (Å²) < 4.78 is 0.